The topological polar surface area (TPSA) is 77.1 Å². The Morgan fingerprint density at radius 1 is 1.11 bits per heavy atom. The molecule has 0 bridgehead atoms. The number of rotatable bonds is 7. The quantitative estimate of drug-likeness (QED) is 0.797. The maximum atomic E-state index is 12.2. The van der Waals surface area contributed by atoms with Crippen LogP contribution in [0.15, 0.2) is 48.5 Å². The van der Waals surface area contributed by atoms with Crippen LogP contribution in [-0.4, -0.2) is 38.0 Å². The fraction of sp³-hybridized carbons (Fsp3) is 0.333. The number of hydrogen-bond donors (Lipinski definition) is 1. The molecule has 2 aliphatic heterocycles. The summed E-state index contributed by atoms with van der Waals surface area (Å²) in [5.74, 6) is 1.24. The van der Waals surface area contributed by atoms with E-state index < -0.39 is 6.09 Å². The van der Waals surface area contributed by atoms with Crippen LogP contribution >= 0.6 is 0 Å². The van der Waals surface area contributed by atoms with E-state index in [9.17, 15) is 9.59 Å². The van der Waals surface area contributed by atoms with Crippen LogP contribution in [0.25, 0.3) is 0 Å². The number of amides is 2. The Labute approximate surface area is 163 Å². The Morgan fingerprint density at radius 2 is 1.93 bits per heavy atom. The lowest BCUT2D eigenvalue weighted by atomic mass is 10.1. The van der Waals surface area contributed by atoms with Crippen molar-refractivity contribution in [2.24, 2.45) is 0 Å². The number of nitrogens with zero attached hydrogens (tertiary/aromatic N) is 1. The maximum absolute atomic E-state index is 12.2. The van der Waals surface area contributed by atoms with Crippen LogP contribution in [0, 0.1) is 0 Å². The molecule has 2 aliphatic rings. The second-order valence-electron chi connectivity index (χ2n) is 6.80. The predicted octanol–water partition coefficient (Wildman–Crippen LogP) is 2.88. The number of benzene rings is 2. The van der Waals surface area contributed by atoms with E-state index in [0.29, 0.717) is 36.7 Å². The number of carbonyl (C=O) groups excluding carboxylic acids is 2. The number of aryl methyl sites for hydroxylation is 1. The van der Waals surface area contributed by atoms with Gasteiger partial charge in [0, 0.05) is 12.5 Å². The zero-order valence-corrected chi connectivity index (χ0v) is 15.4. The molecule has 7 heteroatoms. The minimum Gasteiger partial charge on any atom is -0.454 e. The van der Waals surface area contributed by atoms with Crippen LogP contribution < -0.4 is 19.7 Å². The summed E-state index contributed by atoms with van der Waals surface area (Å²) >= 11 is 0. The number of cyclic esters (lactones) is 1. The second-order valence-corrected chi connectivity index (χ2v) is 6.80. The predicted molar refractivity (Wildman–Crippen MR) is 103 cm³/mol. The molecule has 2 amide bonds. The van der Waals surface area contributed by atoms with Crippen molar-refractivity contribution in [3.8, 4) is 11.5 Å². The van der Waals surface area contributed by atoms with E-state index in [4.69, 9.17) is 14.2 Å². The number of nitrogens with one attached hydrogen (secondary N) is 1. The van der Waals surface area contributed by atoms with Crippen molar-refractivity contribution in [2.75, 3.05) is 24.8 Å². The Hall–Kier alpha value is -3.22. The van der Waals surface area contributed by atoms with Crippen molar-refractivity contribution in [2.45, 2.75) is 25.4 Å². The summed E-state index contributed by atoms with van der Waals surface area (Å²) in [4.78, 5) is 25.8. The normalized spacial score (nSPS) is 17.5. The monoisotopic (exact) mass is 382 g/mol. The van der Waals surface area contributed by atoms with Gasteiger partial charge in [-0.3, -0.25) is 9.69 Å². The zero-order valence-electron chi connectivity index (χ0n) is 15.4. The standard InChI is InChI=1S/C21H22N2O5/c24-20(8-4-7-15-5-2-1-3-6-15)22-12-17-13-23(21(25)28-17)16-9-10-18-19(11-16)27-14-26-18/h1-3,5-6,9-11,17H,4,7-8,12-14H2,(H,22,24)/t17-/m0/s1. The molecule has 0 aromatic heterocycles. The van der Waals surface area contributed by atoms with Gasteiger partial charge in [-0.2, -0.15) is 0 Å². The van der Waals surface area contributed by atoms with Crippen molar-refractivity contribution in [1.82, 2.24) is 5.32 Å². The third-order valence-corrected chi connectivity index (χ3v) is 4.78. The van der Waals surface area contributed by atoms with Gasteiger partial charge in [-0.05, 0) is 30.5 Å². The summed E-state index contributed by atoms with van der Waals surface area (Å²) in [6.07, 6.45) is 1.29. The minimum absolute atomic E-state index is 0.0338. The zero-order chi connectivity index (χ0) is 19.3. The van der Waals surface area contributed by atoms with Gasteiger partial charge in [-0.1, -0.05) is 30.3 Å². The lowest BCUT2D eigenvalue weighted by Gasteiger charge is -2.13. The molecule has 146 valence electrons. The molecule has 1 saturated heterocycles. The van der Waals surface area contributed by atoms with Gasteiger partial charge in [0.15, 0.2) is 11.5 Å². The van der Waals surface area contributed by atoms with Crippen molar-refractivity contribution in [1.29, 1.82) is 0 Å². The largest absolute Gasteiger partial charge is 0.454 e. The Balaban J connectivity index is 1.23. The van der Waals surface area contributed by atoms with Gasteiger partial charge < -0.3 is 19.5 Å². The Morgan fingerprint density at radius 3 is 2.79 bits per heavy atom. The molecule has 2 aromatic rings. The molecule has 1 N–H and O–H groups in total. The summed E-state index contributed by atoms with van der Waals surface area (Å²) in [6, 6.07) is 15.4. The van der Waals surface area contributed by atoms with E-state index in [2.05, 4.69) is 17.4 Å². The summed E-state index contributed by atoms with van der Waals surface area (Å²) in [7, 11) is 0. The van der Waals surface area contributed by atoms with Gasteiger partial charge in [-0.25, -0.2) is 4.79 Å². The fourth-order valence-electron chi connectivity index (χ4n) is 3.31. The molecule has 0 saturated carbocycles. The molecule has 2 aromatic carbocycles. The summed E-state index contributed by atoms with van der Waals surface area (Å²) < 4.78 is 16.0. The van der Waals surface area contributed by atoms with Crippen molar-refractivity contribution >= 4 is 17.7 Å². The highest BCUT2D eigenvalue weighted by Crippen LogP contribution is 2.36. The highest BCUT2D eigenvalue weighted by Gasteiger charge is 2.33. The number of hydrogen-bond acceptors (Lipinski definition) is 5. The minimum atomic E-state index is -0.429. The molecule has 0 spiro atoms. The van der Waals surface area contributed by atoms with Gasteiger partial charge in [0.05, 0.1) is 18.8 Å². The number of fused-ring (bicyclic) bond motifs is 1. The molecule has 0 aliphatic carbocycles. The number of carbonyl (C=O) groups is 2. The van der Waals surface area contributed by atoms with E-state index in [1.807, 2.05) is 18.2 Å². The molecule has 0 unspecified atom stereocenters. The third kappa shape index (κ3) is 4.19. The highest BCUT2D eigenvalue weighted by molar-refractivity contribution is 5.90. The molecule has 4 rings (SSSR count). The summed E-state index contributed by atoms with van der Waals surface area (Å²) in [5, 5.41) is 2.86. The average Bonchev–Trinajstić information content (AvgIpc) is 3.32. The Kier molecular flexibility index (Phi) is 5.32. The van der Waals surface area contributed by atoms with Crippen LogP contribution in [0.5, 0.6) is 11.5 Å². The van der Waals surface area contributed by atoms with Crippen molar-refractivity contribution < 1.29 is 23.8 Å². The third-order valence-electron chi connectivity index (χ3n) is 4.78. The van der Waals surface area contributed by atoms with Crippen molar-refractivity contribution in [3.05, 3.63) is 54.1 Å². The average molecular weight is 382 g/mol. The smallest absolute Gasteiger partial charge is 0.414 e. The van der Waals surface area contributed by atoms with Gasteiger partial charge in [0.2, 0.25) is 12.7 Å². The van der Waals surface area contributed by atoms with Crippen molar-refractivity contribution in [3.63, 3.8) is 0 Å². The first-order valence-corrected chi connectivity index (χ1v) is 9.37. The van der Waals surface area contributed by atoms with Crippen LogP contribution in [0.1, 0.15) is 18.4 Å². The summed E-state index contributed by atoms with van der Waals surface area (Å²) in [6.45, 7) is 0.863. The molecule has 1 atom stereocenters. The van der Waals surface area contributed by atoms with Gasteiger partial charge >= 0.3 is 6.09 Å². The van der Waals surface area contributed by atoms with Crippen LogP contribution in [0.4, 0.5) is 10.5 Å². The first-order chi connectivity index (χ1) is 13.7. The van der Waals surface area contributed by atoms with E-state index >= 15 is 0 Å². The van der Waals surface area contributed by atoms with Gasteiger partial charge in [-0.15, -0.1) is 0 Å². The van der Waals surface area contributed by atoms with E-state index in [0.717, 1.165) is 12.8 Å². The van der Waals surface area contributed by atoms with E-state index in [1.165, 1.54) is 10.5 Å². The first-order valence-electron chi connectivity index (χ1n) is 9.37. The fourth-order valence-corrected chi connectivity index (χ4v) is 3.31. The molecule has 1 fully saturated rings. The maximum Gasteiger partial charge on any atom is 0.414 e. The summed E-state index contributed by atoms with van der Waals surface area (Å²) in [5.41, 5.74) is 1.91. The lowest BCUT2D eigenvalue weighted by Crippen LogP contribution is -2.34. The van der Waals surface area contributed by atoms with Crippen LogP contribution in [0.2, 0.25) is 0 Å². The molecule has 2 heterocycles. The molecular weight excluding hydrogens is 360 g/mol. The molecule has 7 nitrogen and oxygen atoms in total. The number of anilines is 1. The van der Waals surface area contributed by atoms with Crippen LogP contribution in [0.3, 0.4) is 0 Å². The van der Waals surface area contributed by atoms with Crippen LogP contribution in [-0.2, 0) is 16.0 Å². The van der Waals surface area contributed by atoms with E-state index in [-0.39, 0.29) is 18.8 Å². The van der Waals surface area contributed by atoms with Gasteiger partial charge in [0.1, 0.15) is 6.10 Å². The SMILES string of the molecule is O=C(CCCc1ccccc1)NC[C@H]1CN(c2ccc3c(c2)OCO3)C(=O)O1. The Bertz CT molecular complexity index is 855. The van der Waals surface area contributed by atoms with Gasteiger partial charge in [0.25, 0.3) is 0 Å². The first kappa shape index (κ1) is 18.2. The number of ether oxygens (including phenoxy) is 3. The molecule has 0 radical (unpaired) electrons. The molecule has 28 heavy (non-hydrogen) atoms. The highest BCUT2D eigenvalue weighted by atomic mass is 16.7. The second kappa shape index (κ2) is 8.21. The van der Waals surface area contributed by atoms with E-state index in [1.54, 1.807) is 18.2 Å². The lowest BCUT2D eigenvalue weighted by molar-refractivity contribution is -0.121. The molecular formula is C21H22N2O5.